The quantitative estimate of drug-likeness (QED) is 0.895. The van der Waals surface area contributed by atoms with Crippen LogP contribution in [0.3, 0.4) is 0 Å². The Bertz CT molecular complexity index is 518. The Morgan fingerprint density at radius 3 is 2.90 bits per heavy atom. The van der Waals surface area contributed by atoms with E-state index in [1.54, 1.807) is 0 Å². The van der Waals surface area contributed by atoms with Crippen molar-refractivity contribution in [3.8, 4) is 0 Å². The van der Waals surface area contributed by atoms with Crippen LogP contribution < -0.4 is 10.6 Å². The molecule has 1 saturated heterocycles. The van der Waals surface area contributed by atoms with Gasteiger partial charge in [0, 0.05) is 12.2 Å². The summed E-state index contributed by atoms with van der Waals surface area (Å²) in [6.07, 6.45) is 7.75. The van der Waals surface area contributed by atoms with Crippen molar-refractivity contribution < 1.29 is 4.79 Å². The summed E-state index contributed by atoms with van der Waals surface area (Å²) in [7, 11) is 0. The molecule has 1 fully saturated rings. The van der Waals surface area contributed by atoms with E-state index in [-0.39, 0.29) is 11.3 Å². The zero-order chi connectivity index (χ0) is 14.7. The van der Waals surface area contributed by atoms with Crippen LogP contribution in [-0.2, 0) is 17.6 Å². The predicted molar refractivity (Wildman–Crippen MR) is 86.5 cm³/mol. The molecule has 1 heterocycles. The molecule has 1 amide bonds. The number of benzene rings is 1. The molecule has 114 valence electrons. The number of hydrogen-bond donors (Lipinski definition) is 2. The smallest absolute Gasteiger partial charge is 0.231 e. The summed E-state index contributed by atoms with van der Waals surface area (Å²) in [5.41, 5.74) is 3.62. The number of fused-ring (bicyclic) bond motifs is 1. The van der Waals surface area contributed by atoms with Gasteiger partial charge in [-0.2, -0.15) is 0 Å². The number of nitrogens with one attached hydrogen (secondary N) is 2. The average Bonchev–Trinajstić information content (AvgIpc) is 2.56. The minimum absolute atomic E-state index is 0.205. The van der Waals surface area contributed by atoms with E-state index >= 15 is 0 Å². The van der Waals surface area contributed by atoms with Crippen LogP contribution in [-0.4, -0.2) is 19.0 Å². The lowest BCUT2D eigenvalue weighted by atomic mass is 9.77. The molecule has 2 N–H and O–H groups in total. The Morgan fingerprint density at radius 1 is 1.29 bits per heavy atom. The summed E-state index contributed by atoms with van der Waals surface area (Å²) < 4.78 is 0. The number of carbonyl (C=O) groups is 1. The number of hydrogen-bond acceptors (Lipinski definition) is 2. The van der Waals surface area contributed by atoms with Crippen LogP contribution in [0.4, 0.5) is 5.69 Å². The van der Waals surface area contributed by atoms with Crippen LogP contribution in [0, 0.1) is 5.41 Å². The number of amides is 1. The van der Waals surface area contributed by atoms with Crippen molar-refractivity contribution in [2.24, 2.45) is 5.41 Å². The topological polar surface area (TPSA) is 41.1 Å². The molecule has 21 heavy (non-hydrogen) atoms. The maximum absolute atomic E-state index is 12.9. The van der Waals surface area contributed by atoms with E-state index < -0.39 is 0 Å². The monoisotopic (exact) mass is 286 g/mol. The summed E-state index contributed by atoms with van der Waals surface area (Å²) in [5.74, 6) is 0.205. The summed E-state index contributed by atoms with van der Waals surface area (Å²) in [4.78, 5) is 12.9. The fourth-order valence-electron chi connectivity index (χ4n) is 3.78. The molecule has 1 aliphatic carbocycles. The van der Waals surface area contributed by atoms with Crippen molar-refractivity contribution in [1.29, 1.82) is 0 Å². The largest absolute Gasteiger partial charge is 0.325 e. The molecule has 2 aliphatic rings. The second-order valence-corrected chi connectivity index (χ2v) is 6.52. The highest BCUT2D eigenvalue weighted by Crippen LogP contribution is 2.33. The second-order valence-electron chi connectivity index (χ2n) is 6.52. The molecule has 1 aromatic carbocycles. The summed E-state index contributed by atoms with van der Waals surface area (Å²) in [6, 6.07) is 6.36. The van der Waals surface area contributed by atoms with Gasteiger partial charge in [0.1, 0.15) is 0 Å². The van der Waals surface area contributed by atoms with Crippen molar-refractivity contribution >= 4 is 11.6 Å². The molecular formula is C18H26N2O. The maximum atomic E-state index is 12.9. The number of anilines is 1. The van der Waals surface area contributed by atoms with Gasteiger partial charge in [-0.15, -0.1) is 0 Å². The fourth-order valence-corrected chi connectivity index (χ4v) is 3.78. The highest BCUT2D eigenvalue weighted by Gasteiger charge is 2.38. The average molecular weight is 286 g/mol. The van der Waals surface area contributed by atoms with Crippen molar-refractivity contribution in [3.63, 3.8) is 0 Å². The first-order valence-electron chi connectivity index (χ1n) is 8.38. The third-order valence-corrected chi connectivity index (χ3v) is 5.27. The molecule has 1 aliphatic heterocycles. The first-order valence-corrected chi connectivity index (χ1v) is 8.38. The Labute approximate surface area is 127 Å². The summed E-state index contributed by atoms with van der Waals surface area (Å²) >= 11 is 0. The molecule has 0 radical (unpaired) electrons. The lowest BCUT2D eigenvalue weighted by Crippen LogP contribution is -2.47. The first kappa shape index (κ1) is 14.6. The number of aryl methyl sites for hydroxylation is 1. The van der Waals surface area contributed by atoms with E-state index in [4.69, 9.17) is 0 Å². The molecular weight excluding hydrogens is 260 g/mol. The van der Waals surface area contributed by atoms with Gasteiger partial charge in [0.15, 0.2) is 0 Å². The van der Waals surface area contributed by atoms with Crippen LogP contribution in [0.15, 0.2) is 18.2 Å². The molecule has 3 heteroatoms. The first-order chi connectivity index (χ1) is 10.2. The molecule has 1 aromatic rings. The van der Waals surface area contributed by atoms with Crippen molar-refractivity contribution in [2.75, 3.05) is 18.4 Å². The highest BCUT2D eigenvalue weighted by atomic mass is 16.2. The molecule has 3 rings (SSSR count). The van der Waals surface area contributed by atoms with Crippen LogP contribution in [0.2, 0.25) is 0 Å². The van der Waals surface area contributed by atoms with Gasteiger partial charge in [-0.25, -0.2) is 0 Å². The van der Waals surface area contributed by atoms with E-state index in [0.717, 1.165) is 50.9 Å². The van der Waals surface area contributed by atoms with Gasteiger partial charge in [-0.3, -0.25) is 4.79 Å². The Balaban J connectivity index is 1.81. The number of piperidine rings is 1. The molecule has 1 unspecified atom stereocenters. The summed E-state index contributed by atoms with van der Waals surface area (Å²) in [5, 5.41) is 6.65. The molecule has 0 bridgehead atoms. The fraction of sp³-hybridized carbons (Fsp3) is 0.611. The van der Waals surface area contributed by atoms with Crippen LogP contribution in [0.25, 0.3) is 0 Å². The zero-order valence-electron chi connectivity index (χ0n) is 13.0. The second kappa shape index (κ2) is 6.18. The molecule has 0 spiro atoms. The van der Waals surface area contributed by atoms with Gasteiger partial charge < -0.3 is 10.6 Å². The van der Waals surface area contributed by atoms with Gasteiger partial charge >= 0.3 is 0 Å². The SMILES string of the molecule is CCC1(C(=O)Nc2cccc3c2CCCC3)CCCNC1. The van der Waals surface area contributed by atoms with Crippen molar-refractivity contribution in [3.05, 3.63) is 29.3 Å². The standard InChI is InChI=1S/C18H26N2O/c1-2-18(11-6-12-19-13-18)17(21)20-16-10-5-8-14-7-3-4-9-15(14)16/h5,8,10,19H,2-4,6-7,9,11-13H2,1H3,(H,20,21). The van der Waals surface area contributed by atoms with Gasteiger partial charge in [0.05, 0.1) is 5.41 Å². The Morgan fingerprint density at radius 2 is 2.14 bits per heavy atom. The third kappa shape index (κ3) is 2.84. The molecule has 0 aromatic heterocycles. The summed E-state index contributed by atoms with van der Waals surface area (Å²) in [6.45, 7) is 3.98. The number of carbonyl (C=O) groups excluding carboxylic acids is 1. The van der Waals surface area contributed by atoms with E-state index in [2.05, 4.69) is 35.8 Å². The van der Waals surface area contributed by atoms with Crippen molar-refractivity contribution in [2.45, 2.75) is 51.9 Å². The normalized spacial score (nSPS) is 25.2. The van der Waals surface area contributed by atoms with Gasteiger partial charge in [0.25, 0.3) is 0 Å². The highest BCUT2D eigenvalue weighted by molar-refractivity contribution is 5.96. The zero-order valence-corrected chi connectivity index (χ0v) is 13.0. The Kier molecular flexibility index (Phi) is 4.29. The van der Waals surface area contributed by atoms with Gasteiger partial charge in [-0.1, -0.05) is 19.1 Å². The van der Waals surface area contributed by atoms with Crippen molar-refractivity contribution in [1.82, 2.24) is 5.32 Å². The molecule has 1 atom stereocenters. The van der Waals surface area contributed by atoms with E-state index in [1.165, 1.54) is 24.0 Å². The maximum Gasteiger partial charge on any atom is 0.231 e. The van der Waals surface area contributed by atoms with Gasteiger partial charge in [-0.05, 0) is 68.7 Å². The third-order valence-electron chi connectivity index (χ3n) is 5.27. The van der Waals surface area contributed by atoms with Gasteiger partial charge in [0.2, 0.25) is 5.91 Å². The van der Waals surface area contributed by atoms with Crippen LogP contribution >= 0.6 is 0 Å². The Hall–Kier alpha value is -1.35. The van der Waals surface area contributed by atoms with E-state index in [9.17, 15) is 4.79 Å². The van der Waals surface area contributed by atoms with Crippen LogP contribution in [0.5, 0.6) is 0 Å². The predicted octanol–water partition coefficient (Wildman–Crippen LogP) is 3.28. The minimum atomic E-state index is -0.227. The lowest BCUT2D eigenvalue weighted by molar-refractivity contribution is -0.126. The molecule has 0 saturated carbocycles. The van der Waals surface area contributed by atoms with Crippen LogP contribution in [0.1, 0.15) is 50.2 Å². The number of rotatable bonds is 3. The van der Waals surface area contributed by atoms with E-state index in [1.807, 2.05) is 0 Å². The lowest BCUT2D eigenvalue weighted by Gasteiger charge is -2.35. The van der Waals surface area contributed by atoms with E-state index in [0.29, 0.717) is 0 Å². The molecule has 3 nitrogen and oxygen atoms in total. The minimum Gasteiger partial charge on any atom is -0.325 e.